The van der Waals surface area contributed by atoms with Crippen LogP contribution in [-0.4, -0.2) is 77.9 Å². The molecule has 2 radical (unpaired) electrons. The number of esters is 1. The summed E-state index contributed by atoms with van der Waals surface area (Å²) in [5, 5.41) is 0. The third-order valence-corrected chi connectivity index (χ3v) is 0.767. The SMILES string of the molecule is COC(=O)CCS.[Na].[Na]. The summed E-state index contributed by atoms with van der Waals surface area (Å²) in [4.78, 5) is 10.1. The Morgan fingerprint density at radius 1 is 1.56 bits per heavy atom. The minimum atomic E-state index is -0.199. The van der Waals surface area contributed by atoms with Gasteiger partial charge in [0.25, 0.3) is 0 Å². The van der Waals surface area contributed by atoms with Gasteiger partial charge in [0.2, 0.25) is 0 Å². The minimum Gasteiger partial charge on any atom is -0.469 e. The van der Waals surface area contributed by atoms with Crippen molar-refractivity contribution in [2.24, 2.45) is 0 Å². The monoisotopic (exact) mass is 166 g/mol. The molecule has 9 heavy (non-hydrogen) atoms. The number of carbonyl (C=O) groups excluding carboxylic acids is 1. The van der Waals surface area contributed by atoms with Crippen LogP contribution in [0.1, 0.15) is 6.42 Å². The van der Waals surface area contributed by atoms with E-state index in [0.717, 1.165) is 0 Å². The van der Waals surface area contributed by atoms with Gasteiger partial charge >= 0.3 is 5.97 Å². The Balaban J connectivity index is -0.000000180. The van der Waals surface area contributed by atoms with E-state index in [-0.39, 0.29) is 65.1 Å². The van der Waals surface area contributed by atoms with E-state index in [1.165, 1.54) is 7.11 Å². The van der Waals surface area contributed by atoms with Crippen LogP contribution in [0, 0.1) is 0 Å². The number of thiol groups is 1. The number of methoxy groups -OCH3 is 1. The van der Waals surface area contributed by atoms with Gasteiger partial charge in [0.15, 0.2) is 0 Å². The summed E-state index contributed by atoms with van der Waals surface area (Å²) in [5.41, 5.74) is 0. The molecule has 0 aliphatic heterocycles. The first-order chi connectivity index (χ1) is 3.31. The van der Waals surface area contributed by atoms with Crippen LogP contribution in [0.5, 0.6) is 0 Å². The molecule has 0 unspecified atom stereocenters. The van der Waals surface area contributed by atoms with Crippen LogP contribution in [0.2, 0.25) is 0 Å². The van der Waals surface area contributed by atoms with Gasteiger partial charge in [-0.1, -0.05) is 0 Å². The van der Waals surface area contributed by atoms with Crippen LogP contribution in [0.4, 0.5) is 0 Å². The van der Waals surface area contributed by atoms with E-state index in [1.807, 2.05) is 0 Å². The molecule has 0 aliphatic rings. The summed E-state index contributed by atoms with van der Waals surface area (Å²) in [7, 11) is 1.37. The molecule has 5 heteroatoms. The number of ether oxygens (including phenoxy) is 1. The molecular formula is C4H8Na2O2S. The average Bonchev–Trinajstić information content (AvgIpc) is 1.68. The van der Waals surface area contributed by atoms with Crippen molar-refractivity contribution in [2.45, 2.75) is 6.42 Å². The van der Waals surface area contributed by atoms with Crippen molar-refractivity contribution >= 4 is 77.7 Å². The van der Waals surface area contributed by atoms with Crippen LogP contribution >= 0.6 is 12.6 Å². The van der Waals surface area contributed by atoms with Crippen molar-refractivity contribution < 1.29 is 9.53 Å². The van der Waals surface area contributed by atoms with Crippen molar-refractivity contribution in [3.8, 4) is 0 Å². The van der Waals surface area contributed by atoms with Gasteiger partial charge in [0.05, 0.1) is 13.5 Å². The average molecular weight is 166 g/mol. The Morgan fingerprint density at radius 3 is 2.11 bits per heavy atom. The van der Waals surface area contributed by atoms with Gasteiger partial charge in [-0.25, -0.2) is 0 Å². The Kier molecular flexibility index (Phi) is 23.7. The Morgan fingerprint density at radius 2 is 2.00 bits per heavy atom. The van der Waals surface area contributed by atoms with Gasteiger partial charge in [-0.2, -0.15) is 12.6 Å². The number of rotatable bonds is 2. The van der Waals surface area contributed by atoms with Crippen LogP contribution in [-0.2, 0) is 9.53 Å². The van der Waals surface area contributed by atoms with Crippen LogP contribution < -0.4 is 0 Å². The second-order valence-corrected chi connectivity index (χ2v) is 1.50. The van der Waals surface area contributed by atoms with E-state index in [0.29, 0.717) is 12.2 Å². The molecule has 0 aliphatic carbocycles. The quantitative estimate of drug-likeness (QED) is 0.347. The smallest absolute Gasteiger partial charge is 0.306 e. The molecule has 0 atom stereocenters. The second-order valence-electron chi connectivity index (χ2n) is 1.05. The molecule has 0 N–H and O–H groups in total. The number of carbonyl (C=O) groups is 1. The standard InChI is InChI=1S/C4H8O2S.2Na/c1-6-4(5)2-3-7;;/h7H,2-3H2,1H3;;. The summed E-state index contributed by atoms with van der Waals surface area (Å²) in [6, 6.07) is 0. The number of hydrogen-bond acceptors (Lipinski definition) is 3. The first-order valence-electron chi connectivity index (χ1n) is 1.99. The van der Waals surface area contributed by atoms with Crippen LogP contribution in [0.15, 0.2) is 0 Å². The fourth-order valence-corrected chi connectivity index (χ4v) is 0.376. The molecule has 0 bridgehead atoms. The molecular weight excluding hydrogens is 158 g/mol. The van der Waals surface area contributed by atoms with E-state index in [9.17, 15) is 4.79 Å². The molecule has 44 valence electrons. The minimum absolute atomic E-state index is 0. The molecule has 0 amide bonds. The molecule has 2 nitrogen and oxygen atoms in total. The molecule has 0 fully saturated rings. The fraction of sp³-hybridized carbons (Fsp3) is 0.750. The first-order valence-corrected chi connectivity index (χ1v) is 2.62. The first kappa shape index (κ1) is 17.1. The largest absolute Gasteiger partial charge is 0.469 e. The molecule has 0 aromatic carbocycles. The number of hydrogen-bond donors (Lipinski definition) is 1. The van der Waals surface area contributed by atoms with E-state index >= 15 is 0 Å². The van der Waals surface area contributed by atoms with E-state index in [1.54, 1.807) is 0 Å². The maximum absolute atomic E-state index is 10.1. The van der Waals surface area contributed by atoms with Gasteiger partial charge in [0, 0.05) is 64.9 Å². The topological polar surface area (TPSA) is 26.3 Å². The van der Waals surface area contributed by atoms with Crippen molar-refractivity contribution in [1.29, 1.82) is 0 Å². The Hall–Kier alpha value is 1.82. The zero-order chi connectivity index (χ0) is 5.70. The van der Waals surface area contributed by atoms with Crippen molar-refractivity contribution in [3.63, 3.8) is 0 Å². The molecule has 0 aromatic heterocycles. The fourth-order valence-electron chi connectivity index (χ4n) is 0.193. The summed E-state index contributed by atoms with van der Waals surface area (Å²) < 4.78 is 4.30. The van der Waals surface area contributed by atoms with Gasteiger partial charge in [0.1, 0.15) is 0 Å². The molecule has 0 spiro atoms. The van der Waals surface area contributed by atoms with E-state index < -0.39 is 0 Å². The molecule has 0 aromatic rings. The van der Waals surface area contributed by atoms with Gasteiger partial charge < -0.3 is 4.74 Å². The van der Waals surface area contributed by atoms with Gasteiger partial charge in [-0.05, 0) is 0 Å². The summed E-state index contributed by atoms with van der Waals surface area (Å²) in [5.74, 6) is 0.363. The van der Waals surface area contributed by atoms with Gasteiger partial charge in [-0.15, -0.1) is 0 Å². The normalized spacial score (nSPS) is 6.44. The summed E-state index contributed by atoms with van der Waals surface area (Å²) in [6.07, 6.45) is 0.402. The Labute approximate surface area is 105 Å². The van der Waals surface area contributed by atoms with Crippen LogP contribution in [0.3, 0.4) is 0 Å². The van der Waals surface area contributed by atoms with E-state index in [2.05, 4.69) is 17.4 Å². The predicted octanol–water partition coefficient (Wildman–Crippen LogP) is -0.282. The molecule has 0 heterocycles. The summed E-state index contributed by atoms with van der Waals surface area (Å²) >= 11 is 3.81. The summed E-state index contributed by atoms with van der Waals surface area (Å²) in [6.45, 7) is 0. The van der Waals surface area contributed by atoms with Gasteiger partial charge in [-0.3, -0.25) is 4.79 Å². The predicted molar refractivity (Wildman–Crippen MR) is 42.0 cm³/mol. The van der Waals surface area contributed by atoms with E-state index in [4.69, 9.17) is 0 Å². The molecule has 0 saturated carbocycles. The maximum Gasteiger partial charge on any atom is 0.306 e. The van der Waals surface area contributed by atoms with Crippen LogP contribution in [0.25, 0.3) is 0 Å². The zero-order valence-corrected chi connectivity index (χ0v) is 11.1. The molecule has 0 saturated heterocycles. The maximum atomic E-state index is 10.1. The van der Waals surface area contributed by atoms with Crippen molar-refractivity contribution in [3.05, 3.63) is 0 Å². The van der Waals surface area contributed by atoms with Crippen molar-refractivity contribution in [1.82, 2.24) is 0 Å². The zero-order valence-electron chi connectivity index (χ0n) is 6.18. The third kappa shape index (κ3) is 12.9. The third-order valence-electron chi connectivity index (χ3n) is 0.544. The molecule has 0 rings (SSSR count). The second kappa shape index (κ2) is 12.5. The van der Waals surface area contributed by atoms with Crippen molar-refractivity contribution in [2.75, 3.05) is 12.9 Å². The Bertz CT molecular complexity index is 69.6.